The van der Waals surface area contributed by atoms with E-state index in [9.17, 15) is 10.1 Å². The first-order valence-electron chi connectivity index (χ1n) is 12.5. The van der Waals surface area contributed by atoms with Gasteiger partial charge in [0.2, 0.25) is 5.91 Å². The molecule has 6 unspecified atom stereocenters. The van der Waals surface area contributed by atoms with Gasteiger partial charge >= 0.3 is 0 Å². The molecule has 0 aromatic carbocycles. The Morgan fingerprint density at radius 1 is 1.38 bits per heavy atom. The van der Waals surface area contributed by atoms with E-state index in [4.69, 9.17) is 16.2 Å². The summed E-state index contributed by atoms with van der Waals surface area (Å²) in [6, 6.07) is 2.17. The monoisotopic (exact) mass is 450 g/mol. The fourth-order valence-corrected chi connectivity index (χ4v) is 5.51. The summed E-state index contributed by atoms with van der Waals surface area (Å²) in [6.45, 7) is 9.48. The van der Waals surface area contributed by atoms with Crippen molar-refractivity contribution in [2.75, 3.05) is 33.3 Å². The van der Waals surface area contributed by atoms with Crippen molar-refractivity contribution in [3.8, 4) is 6.07 Å². The van der Waals surface area contributed by atoms with Crippen molar-refractivity contribution in [2.45, 2.75) is 90.1 Å². The number of carbonyl (C=O) groups is 1. The Labute approximate surface area is 194 Å². The number of amides is 1. The minimum atomic E-state index is -0.763. The van der Waals surface area contributed by atoms with Gasteiger partial charge in [-0.1, -0.05) is 26.7 Å². The van der Waals surface area contributed by atoms with Crippen LogP contribution in [0.3, 0.4) is 0 Å². The number of nitrogens with two attached hydrogens (primary N) is 2. The van der Waals surface area contributed by atoms with E-state index < -0.39 is 12.1 Å². The number of hydrogen-bond donors (Lipinski definition) is 4. The van der Waals surface area contributed by atoms with Gasteiger partial charge in [0.25, 0.3) is 0 Å². The van der Waals surface area contributed by atoms with Gasteiger partial charge in [-0.25, -0.2) is 0 Å². The van der Waals surface area contributed by atoms with E-state index >= 15 is 0 Å². The molecular weight excluding hydrogens is 404 g/mol. The van der Waals surface area contributed by atoms with Crippen LogP contribution in [0.25, 0.3) is 0 Å². The first-order valence-corrected chi connectivity index (χ1v) is 12.5. The Balaban J connectivity index is 2.27. The van der Waals surface area contributed by atoms with Gasteiger partial charge in [0.05, 0.1) is 30.3 Å². The predicted molar refractivity (Wildman–Crippen MR) is 127 cm³/mol. The van der Waals surface area contributed by atoms with E-state index in [0.717, 1.165) is 51.6 Å². The van der Waals surface area contributed by atoms with Crippen LogP contribution in [0.5, 0.6) is 0 Å². The Kier molecular flexibility index (Phi) is 10.8. The van der Waals surface area contributed by atoms with Crippen LogP contribution in [0, 0.1) is 28.6 Å². The van der Waals surface area contributed by atoms with Gasteiger partial charge in [-0.05, 0) is 57.5 Å². The highest BCUT2D eigenvalue weighted by Gasteiger charge is 2.41. The van der Waals surface area contributed by atoms with E-state index in [1.807, 2.05) is 6.92 Å². The van der Waals surface area contributed by atoms with Crippen LogP contribution < -0.4 is 22.1 Å². The number of carbonyl (C=O) groups excluding carboxylic acids is 1. The molecule has 8 heteroatoms. The van der Waals surface area contributed by atoms with Crippen molar-refractivity contribution in [3.05, 3.63) is 0 Å². The Morgan fingerprint density at radius 3 is 2.75 bits per heavy atom. The number of nitriles is 1. The summed E-state index contributed by atoms with van der Waals surface area (Å²) in [4.78, 5) is 15.9. The second kappa shape index (κ2) is 12.9. The summed E-state index contributed by atoms with van der Waals surface area (Å²) >= 11 is 0. The first kappa shape index (κ1) is 27.0. The Hall–Kier alpha value is -1.24. The highest BCUT2D eigenvalue weighted by molar-refractivity contribution is 5.80. The average Bonchev–Trinajstić information content (AvgIpc) is 2.79. The number of piperidine rings is 1. The Morgan fingerprint density at radius 2 is 2.12 bits per heavy atom. The zero-order valence-electron chi connectivity index (χ0n) is 20.6. The van der Waals surface area contributed by atoms with Gasteiger partial charge < -0.3 is 31.7 Å². The quantitative estimate of drug-likeness (QED) is 0.413. The standard InChI is InChI=1S/C24H46N6O2/c1-5-24(3)11-7-8-17(9-12-25)16-30(4)19(14-24)21(22(26)27)23(31)29-18-15-28-13-10-20(18)32-6-2/h17-22,28H,5-11,13-16,26-27H2,1-4H3,(H,29,31). The molecule has 2 aliphatic rings. The molecule has 0 saturated carbocycles. The summed E-state index contributed by atoms with van der Waals surface area (Å²) < 4.78 is 5.89. The minimum absolute atomic E-state index is 0.000899. The second-order valence-corrected chi connectivity index (χ2v) is 10.2. The van der Waals surface area contributed by atoms with Gasteiger partial charge in [-0.15, -0.1) is 0 Å². The number of rotatable bonds is 8. The second-order valence-electron chi connectivity index (χ2n) is 10.2. The van der Waals surface area contributed by atoms with E-state index in [1.165, 1.54) is 0 Å². The number of nitrogens with zero attached hydrogens (tertiary/aromatic N) is 2. The molecule has 2 rings (SSSR count). The molecule has 0 aromatic heterocycles. The highest BCUT2D eigenvalue weighted by Crippen LogP contribution is 2.39. The average molecular weight is 451 g/mol. The predicted octanol–water partition coefficient (Wildman–Crippen LogP) is 1.55. The van der Waals surface area contributed by atoms with E-state index in [2.05, 4.69) is 42.5 Å². The van der Waals surface area contributed by atoms with Crippen LogP contribution in [0.2, 0.25) is 0 Å². The zero-order valence-corrected chi connectivity index (χ0v) is 20.6. The topological polar surface area (TPSA) is 129 Å². The normalized spacial score (nSPS) is 33.6. The van der Waals surface area contributed by atoms with E-state index in [0.29, 0.717) is 25.5 Å². The van der Waals surface area contributed by atoms with Gasteiger partial charge in [0.15, 0.2) is 0 Å². The lowest BCUT2D eigenvalue weighted by atomic mass is 9.74. The SMILES string of the molecule is CCOC1CCNCC1NC(=O)C(C(N)N)C1CC(C)(CC)CCCC(CC#N)CN1C. The minimum Gasteiger partial charge on any atom is -0.376 e. The van der Waals surface area contributed by atoms with E-state index in [-0.39, 0.29) is 29.5 Å². The third-order valence-corrected chi connectivity index (χ3v) is 7.70. The lowest BCUT2D eigenvalue weighted by Gasteiger charge is -2.42. The molecule has 2 heterocycles. The smallest absolute Gasteiger partial charge is 0.227 e. The van der Waals surface area contributed by atoms with Crippen molar-refractivity contribution in [1.29, 1.82) is 5.26 Å². The summed E-state index contributed by atoms with van der Waals surface area (Å²) in [5.74, 6) is -0.324. The maximum atomic E-state index is 13.6. The molecule has 0 bridgehead atoms. The largest absolute Gasteiger partial charge is 0.376 e. The van der Waals surface area contributed by atoms with Crippen LogP contribution in [-0.2, 0) is 9.53 Å². The molecule has 2 fully saturated rings. The van der Waals surface area contributed by atoms with Crippen molar-refractivity contribution in [1.82, 2.24) is 15.5 Å². The summed E-state index contributed by atoms with van der Waals surface area (Å²) in [7, 11) is 2.06. The van der Waals surface area contributed by atoms with Crippen molar-refractivity contribution in [2.24, 2.45) is 28.7 Å². The maximum Gasteiger partial charge on any atom is 0.227 e. The summed E-state index contributed by atoms with van der Waals surface area (Å²) in [5.41, 5.74) is 12.7. The lowest BCUT2D eigenvalue weighted by Crippen LogP contribution is -2.62. The van der Waals surface area contributed by atoms with Crippen molar-refractivity contribution >= 4 is 5.91 Å². The molecule has 6 N–H and O–H groups in total. The molecule has 32 heavy (non-hydrogen) atoms. The zero-order chi connectivity index (χ0) is 23.7. The molecule has 0 aliphatic carbocycles. The third-order valence-electron chi connectivity index (χ3n) is 7.70. The van der Waals surface area contributed by atoms with Crippen LogP contribution in [0.4, 0.5) is 0 Å². The molecule has 0 spiro atoms. The summed E-state index contributed by atoms with van der Waals surface area (Å²) in [5, 5.41) is 15.9. The Bertz CT molecular complexity index is 622. The van der Waals surface area contributed by atoms with Crippen LogP contribution in [0.1, 0.15) is 65.7 Å². The molecular formula is C24H46N6O2. The third kappa shape index (κ3) is 7.39. The molecule has 6 atom stereocenters. The highest BCUT2D eigenvalue weighted by atomic mass is 16.5. The molecule has 0 aromatic rings. The molecule has 2 aliphatic heterocycles. The number of nitrogens with one attached hydrogen (secondary N) is 2. The number of hydrogen-bond acceptors (Lipinski definition) is 7. The lowest BCUT2D eigenvalue weighted by molar-refractivity contribution is -0.131. The fraction of sp³-hybridized carbons (Fsp3) is 0.917. The van der Waals surface area contributed by atoms with Crippen molar-refractivity contribution < 1.29 is 9.53 Å². The van der Waals surface area contributed by atoms with Gasteiger partial charge in [0.1, 0.15) is 0 Å². The van der Waals surface area contributed by atoms with Gasteiger partial charge in [-0.2, -0.15) is 5.26 Å². The molecule has 1 amide bonds. The van der Waals surface area contributed by atoms with Gasteiger partial charge in [0, 0.05) is 32.2 Å². The van der Waals surface area contributed by atoms with E-state index in [1.54, 1.807) is 0 Å². The molecule has 2 saturated heterocycles. The van der Waals surface area contributed by atoms with Gasteiger partial charge in [-0.3, -0.25) is 4.79 Å². The van der Waals surface area contributed by atoms with Crippen LogP contribution in [0.15, 0.2) is 0 Å². The molecule has 0 radical (unpaired) electrons. The molecule has 184 valence electrons. The maximum absolute atomic E-state index is 13.6. The van der Waals surface area contributed by atoms with Crippen LogP contribution >= 0.6 is 0 Å². The van der Waals surface area contributed by atoms with Crippen LogP contribution in [-0.4, -0.2) is 68.4 Å². The molecule has 8 nitrogen and oxygen atoms in total. The number of ether oxygens (including phenoxy) is 1. The fourth-order valence-electron chi connectivity index (χ4n) is 5.51. The van der Waals surface area contributed by atoms with Crippen molar-refractivity contribution in [3.63, 3.8) is 0 Å². The first-order chi connectivity index (χ1) is 15.2. The summed E-state index contributed by atoms with van der Waals surface area (Å²) in [6.07, 6.45) is 5.76.